The molecule has 1 aromatic carbocycles. The molecule has 3 N–H and O–H groups in total. The van der Waals surface area contributed by atoms with Gasteiger partial charge >= 0.3 is 0 Å². The van der Waals surface area contributed by atoms with Crippen LogP contribution in [0.25, 0.3) is 0 Å². The Labute approximate surface area is 174 Å². The third-order valence-electron chi connectivity index (χ3n) is 4.64. The molecule has 2 aromatic rings. The number of likely N-dealkylation sites (tertiary alicyclic amines) is 1. The number of aromatic nitrogens is 1. The van der Waals surface area contributed by atoms with Crippen molar-refractivity contribution in [1.29, 1.82) is 0 Å². The van der Waals surface area contributed by atoms with Crippen molar-refractivity contribution in [2.75, 3.05) is 13.1 Å². The molecule has 1 aliphatic heterocycles. The van der Waals surface area contributed by atoms with E-state index >= 15 is 0 Å². The zero-order chi connectivity index (χ0) is 18.4. The molecule has 146 valence electrons. The van der Waals surface area contributed by atoms with Crippen molar-refractivity contribution >= 4 is 28.5 Å². The minimum Gasteiger partial charge on any atom is -0.341 e. The summed E-state index contributed by atoms with van der Waals surface area (Å²) >= 11 is 2.27. The molecule has 1 saturated heterocycles. The van der Waals surface area contributed by atoms with E-state index in [0.29, 0.717) is 6.54 Å². The summed E-state index contributed by atoms with van der Waals surface area (Å²) in [6.07, 6.45) is 5.39. The van der Waals surface area contributed by atoms with Crippen molar-refractivity contribution in [3.8, 4) is 0 Å². The number of benzene rings is 1. The summed E-state index contributed by atoms with van der Waals surface area (Å²) < 4.78 is 1.15. The molecule has 1 aliphatic rings. The monoisotopic (exact) mass is 482 g/mol. The molecule has 1 fully saturated rings. The maximum absolute atomic E-state index is 13.1. The highest BCUT2D eigenvalue weighted by Gasteiger charge is 2.33. The van der Waals surface area contributed by atoms with Gasteiger partial charge < -0.3 is 15.4 Å². The first kappa shape index (κ1) is 21.7. The summed E-state index contributed by atoms with van der Waals surface area (Å²) in [5.74, 6) is 0.0106. The second-order valence-electron chi connectivity index (χ2n) is 6.41. The van der Waals surface area contributed by atoms with Gasteiger partial charge in [-0.25, -0.2) is 0 Å². The highest BCUT2D eigenvalue weighted by Crippen LogP contribution is 2.20. The topological polar surface area (TPSA) is 77.5 Å². The fraction of sp³-hybridized carbons (Fsp3) is 0.400. The van der Waals surface area contributed by atoms with Gasteiger partial charge in [0, 0.05) is 35.6 Å². The number of nitrogens with one attached hydrogen (secondary N) is 2. The second-order valence-corrected chi connectivity index (χ2v) is 7.65. The third kappa shape index (κ3) is 5.71. The normalized spacial score (nSPS) is 15.9. The average Bonchev–Trinajstić information content (AvgIpc) is 3.20. The second kappa shape index (κ2) is 10.7. The molecule has 1 aromatic heterocycles. The van der Waals surface area contributed by atoms with Crippen molar-refractivity contribution in [2.45, 2.75) is 38.9 Å². The average molecular weight is 482 g/mol. The van der Waals surface area contributed by atoms with Crippen molar-refractivity contribution in [3.63, 3.8) is 0 Å². The number of rotatable bonds is 7. The van der Waals surface area contributed by atoms with E-state index in [-0.39, 0.29) is 13.3 Å². The smallest absolute Gasteiger partial charge is 0.241 e. The van der Waals surface area contributed by atoms with Gasteiger partial charge in [0.1, 0.15) is 6.04 Å². The summed E-state index contributed by atoms with van der Waals surface area (Å²) in [4.78, 5) is 19.0. The van der Waals surface area contributed by atoms with Gasteiger partial charge in [0.05, 0.1) is 6.04 Å². The molecular formula is C20H27IN4O2. The van der Waals surface area contributed by atoms with E-state index in [9.17, 15) is 10.0 Å². The molecule has 0 bridgehead atoms. The lowest BCUT2D eigenvalue weighted by Gasteiger charge is -2.30. The zero-order valence-electron chi connectivity index (χ0n) is 14.4. The summed E-state index contributed by atoms with van der Waals surface area (Å²) in [5, 5.41) is 13.2. The molecule has 0 aliphatic carbocycles. The van der Waals surface area contributed by atoms with E-state index < -0.39 is 12.1 Å². The van der Waals surface area contributed by atoms with Gasteiger partial charge in [-0.3, -0.25) is 9.78 Å². The molecular weight excluding hydrogens is 455 g/mol. The molecule has 0 saturated carbocycles. The van der Waals surface area contributed by atoms with Gasteiger partial charge in [-0.15, -0.1) is 0 Å². The van der Waals surface area contributed by atoms with Gasteiger partial charge in [-0.1, -0.05) is 19.6 Å². The minimum atomic E-state index is -0.571. The largest absolute Gasteiger partial charge is 0.341 e. The number of amides is 1. The van der Waals surface area contributed by atoms with Crippen LogP contribution in [0.1, 0.15) is 37.4 Å². The van der Waals surface area contributed by atoms with Gasteiger partial charge in [0.2, 0.25) is 5.91 Å². The van der Waals surface area contributed by atoms with Crippen LogP contribution in [0, 0.1) is 3.57 Å². The molecule has 1 amide bonds. The lowest BCUT2D eigenvalue weighted by atomic mass is 9.99. The van der Waals surface area contributed by atoms with E-state index in [4.69, 9.17) is 0 Å². The summed E-state index contributed by atoms with van der Waals surface area (Å²) in [6, 6.07) is 10.6. The Morgan fingerprint density at radius 1 is 1.22 bits per heavy atom. The molecule has 0 radical (unpaired) electrons. The van der Waals surface area contributed by atoms with E-state index in [1.807, 2.05) is 35.2 Å². The number of halogens is 1. The van der Waals surface area contributed by atoms with E-state index in [1.54, 1.807) is 12.4 Å². The first-order valence-electron chi connectivity index (χ1n) is 8.75. The van der Waals surface area contributed by atoms with Crippen LogP contribution in [0.4, 0.5) is 0 Å². The Bertz CT molecular complexity index is 723. The van der Waals surface area contributed by atoms with E-state index in [1.165, 1.54) is 0 Å². The Morgan fingerprint density at radius 3 is 2.56 bits per heavy atom. The standard InChI is InChI=1S/C19H23IN4O2.CH4/c20-16-5-3-4-14(12-16)13-22-18(19(25)24-10-1-2-11-24)17(23-26)15-6-8-21-9-7-15;/h3-9,12,17-18,22-23,26H,1-2,10-11,13H2;1H4/t17-,18+;/m0./s1. The molecule has 3 rings (SSSR count). The van der Waals surface area contributed by atoms with Gasteiger partial charge in [0.25, 0.3) is 0 Å². The van der Waals surface area contributed by atoms with Crippen molar-refractivity contribution < 1.29 is 10.0 Å². The Kier molecular flexibility index (Phi) is 8.62. The van der Waals surface area contributed by atoms with Gasteiger partial charge in [-0.05, 0) is 70.8 Å². The van der Waals surface area contributed by atoms with Gasteiger partial charge in [0.15, 0.2) is 0 Å². The van der Waals surface area contributed by atoms with Crippen LogP contribution in [-0.4, -0.2) is 40.1 Å². The van der Waals surface area contributed by atoms with Crippen LogP contribution in [0.2, 0.25) is 0 Å². The van der Waals surface area contributed by atoms with Crippen molar-refractivity contribution in [3.05, 3.63) is 63.5 Å². The van der Waals surface area contributed by atoms with Crippen LogP contribution in [0.5, 0.6) is 0 Å². The molecule has 27 heavy (non-hydrogen) atoms. The number of pyridine rings is 1. The van der Waals surface area contributed by atoms with Crippen LogP contribution >= 0.6 is 22.6 Å². The first-order valence-corrected chi connectivity index (χ1v) is 9.83. The Morgan fingerprint density at radius 2 is 1.93 bits per heavy atom. The molecule has 2 heterocycles. The maximum Gasteiger partial charge on any atom is 0.241 e. The predicted octanol–water partition coefficient (Wildman–Crippen LogP) is 3.12. The number of hydrogen-bond donors (Lipinski definition) is 3. The fourth-order valence-electron chi connectivity index (χ4n) is 3.27. The van der Waals surface area contributed by atoms with Gasteiger partial charge in [-0.2, -0.15) is 5.48 Å². The molecule has 7 heteroatoms. The summed E-state index contributed by atoms with van der Waals surface area (Å²) in [7, 11) is 0. The highest BCUT2D eigenvalue weighted by molar-refractivity contribution is 14.1. The number of nitrogens with zero attached hydrogens (tertiary/aromatic N) is 2. The SMILES string of the molecule is C.O=C([C@H](NCc1cccc(I)c1)[C@@H](NO)c1ccncc1)N1CCCC1. The Hall–Kier alpha value is -1.55. The van der Waals surface area contributed by atoms with Crippen LogP contribution in [-0.2, 0) is 11.3 Å². The van der Waals surface area contributed by atoms with E-state index in [0.717, 1.165) is 40.6 Å². The van der Waals surface area contributed by atoms with Crippen molar-refractivity contribution in [1.82, 2.24) is 20.7 Å². The summed E-state index contributed by atoms with van der Waals surface area (Å²) in [5.41, 5.74) is 4.25. The number of carbonyl (C=O) groups excluding carboxylic acids is 1. The summed E-state index contributed by atoms with van der Waals surface area (Å²) in [6.45, 7) is 2.09. The Balaban J connectivity index is 0.00000261. The fourth-order valence-corrected chi connectivity index (χ4v) is 3.88. The van der Waals surface area contributed by atoms with E-state index in [2.05, 4.69) is 44.4 Å². The third-order valence-corrected chi connectivity index (χ3v) is 5.31. The number of hydrogen-bond acceptors (Lipinski definition) is 5. The molecule has 6 nitrogen and oxygen atoms in total. The zero-order valence-corrected chi connectivity index (χ0v) is 16.6. The maximum atomic E-state index is 13.1. The first-order chi connectivity index (χ1) is 12.7. The number of hydroxylamine groups is 1. The lowest BCUT2D eigenvalue weighted by Crippen LogP contribution is -2.51. The van der Waals surface area contributed by atoms with Crippen LogP contribution < -0.4 is 10.8 Å². The van der Waals surface area contributed by atoms with Crippen LogP contribution in [0.15, 0.2) is 48.8 Å². The van der Waals surface area contributed by atoms with Crippen LogP contribution in [0.3, 0.4) is 0 Å². The number of carbonyl (C=O) groups is 1. The quantitative estimate of drug-likeness (QED) is 0.418. The van der Waals surface area contributed by atoms with Crippen molar-refractivity contribution in [2.24, 2.45) is 0 Å². The lowest BCUT2D eigenvalue weighted by molar-refractivity contribution is -0.134. The predicted molar refractivity (Wildman–Crippen MR) is 114 cm³/mol. The molecule has 0 spiro atoms. The molecule has 2 atom stereocenters. The molecule has 0 unspecified atom stereocenters. The minimum absolute atomic E-state index is 0. The highest BCUT2D eigenvalue weighted by atomic mass is 127.